The molecule has 1 unspecified atom stereocenters. The highest BCUT2D eigenvalue weighted by Crippen LogP contribution is 2.24. The smallest absolute Gasteiger partial charge is 0.355 e. The van der Waals surface area contributed by atoms with Crippen LogP contribution in [0.15, 0.2) is 10.8 Å². The first-order valence-corrected chi connectivity index (χ1v) is 6.69. The van der Waals surface area contributed by atoms with Gasteiger partial charge < -0.3 is 10.4 Å². The Morgan fingerprint density at radius 2 is 2.18 bits per heavy atom. The molecule has 0 aliphatic heterocycles. The summed E-state index contributed by atoms with van der Waals surface area (Å²) in [6.07, 6.45) is 0. The molecule has 7 heteroatoms. The van der Waals surface area contributed by atoms with Crippen LogP contribution in [-0.2, 0) is 0 Å². The van der Waals surface area contributed by atoms with Crippen molar-refractivity contribution < 1.29 is 9.90 Å². The second-order valence-electron chi connectivity index (χ2n) is 3.54. The van der Waals surface area contributed by atoms with Gasteiger partial charge in [-0.15, -0.1) is 22.7 Å². The van der Waals surface area contributed by atoms with Gasteiger partial charge in [0.05, 0.1) is 6.04 Å². The average Bonchev–Trinajstić information content (AvgIpc) is 2.86. The van der Waals surface area contributed by atoms with E-state index in [4.69, 9.17) is 5.11 Å². The van der Waals surface area contributed by atoms with Crippen LogP contribution in [0.25, 0.3) is 0 Å². The fraction of sp³-hybridized carbons (Fsp3) is 0.300. The maximum absolute atomic E-state index is 10.7. The Bertz CT molecular complexity index is 535. The molecule has 0 saturated carbocycles. The van der Waals surface area contributed by atoms with Crippen molar-refractivity contribution >= 4 is 33.8 Å². The molecule has 1 atom stereocenters. The van der Waals surface area contributed by atoms with Crippen LogP contribution in [0.3, 0.4) is 0 Å². The number of aromatic nitrogens is 2. The molecular formula is C10H11N3O2S2. The van der Waals surface area contributed by atoms with Gasteiger partial charge in [0.25, 0.3) is 0 Å². The van der Waals surface area contributed by atoms with E-state index < -0.39 is 5.97 Å². The van der Waals surface area contributed by atoms with E-state index in [0.29, 0.717) is 5.13 Å². The zero-order chi connectivity index (χ0) is 12.4. The maximum Gasteiger partial charge on any atom is 0.355 e. The van der Waals surface area contributed by atoms with Gasteiger partial charge in [-0.3, -0.25) is 0 Å². The Morgan fingerprint density at radius 1 is 1.41 bits per heavy atom. The Morgan fingerprint density at radius 3 is 2.71 bits per heavy atom. The Hall–Kier alpha value is -1.47. The molecule has 2 rings (SSSR count). The van der Waals surface area contributed by atoms with Crippen molar-refractivity contribution in [2.45, 2.75) is 19.9 Å². The highest BCUT2D eigenvalue weighted by atomic mass is 32.1. The number of aromatic carboxylic acids is 1. The summed E-state index contributed by atoms with van der Waals surface area (Å²) in [5, 5.41) is 17.0. The number of nitrogens with zero attached hydrogens (tertiary/aromatic N) is 2. The van der Waals surface area contributed by atoms with Gasteiger partial charge >= 0.3 is 5.97 Å². The average molecular weight is 269 g/mol. The Kier molecular flexibility index (Phi) is 3.39. The van der Waals surface area contributed by atoms with Crippen LogP contribution in [0, 0.1) is 6.92 Å². The van der Waals surface area contributed by atoms with E-state index in [0.717, 1.165) is 10.7 Å². The molecule has 90 valence electrons. The van der Waals surface area contributed by atoms with Gasteiger partial charge in [-0.25, -0.2) is 14.8 Å². The number of aryl methyl sites for hydroxylation is 1. The topological polar surface area (TPSA) is 75.1 Å². The van der Waals surface area contributed by atoms with E-state index in [1.807, 2.05) is 19.2 Å². The molecule has 2 aromatic heterocycles. The quantitative estimate of drug-likeness (QED) is 0.892. The van der Waals surface area contributed by atoms with Crippen LogP contribution < -0.4 is 5.32 Å². The highest BCUT2D eigenvalue weighted by Gasteiger charge is 2.13. The van der Waals surface area contributed by atoms with Crippen LogP contribution in [0.1, 0.15) is 34.2 Å². The summed E-state index contributed by atoms with van der Waals surface area (Å²) in [5.74, 6) is -1.01. The lowest BCUT2D eigenvalue weighted by Crippen LogP contribution is -2.06. The molecular weight excluding hydrogens is 258 g/mol. The van der Waals surface area contributed by atoms with Gasteiger partial charge in [-0.1, -0.05) is 0 Å². The molecule has 2 N–H and O–H groups in total. The van der Waals surface area contributed by atoms with Crippen LogP contribution in [0.5, 0.6) is 0 Å². The SMILES string of the molecule is Cc1csc(C(C)Nc2nc(C(=O)O)cs2)n1. The van der Waals surface area contributed by atoms with E-state index in [1.54, 1.807) is 11.3 Å². The van der Waals surface area contributed by atoms with E-state index in [1.165, 1.54) is 16.7 Å². The first kappa shape index (κ1) is 12.0. The second-order valence-corrected chi connectivity index (χ2v) is 5.28. The van der Waals surface area contributed by atoms with Crippen molar-refractivity contribution in [1.29, 1.82) is 0 Å². The predicted octanol–water partition coefficient (Wildman–Crippen LogP) is 2.78. The molecule has 2 heterocycles. The van der Waals surface area contributed by atoms with Crippen LogP contribution >= 0.6 is 22.7 Å². The largest absolute Gasteiger partial charge is 0.476 e. The lowest BCUT2D eigenvalue weighted by Gasteiger charge is -2.08. The fourth-order valence-corrected chi connectivity index (χ4v) is 2.83. The molecule has 0 amide bonds. The summed E-state index contributed by atoms with van der Waals surface area (Å²) in [7, 11) is 0. The van der Waals surface area contributed by atoms with Gasteiger partial charge in [0, 0.05) is 16.5 Å². The van der Waals surface area contributed by atoms with Crippen molar-refractivity contribution in [2.75, 3.05) is 5.32 Å². The molecule has 2 aromatic rings. The normalized spacial score (nSPS) is 12.4. The Labute approximate surface area is 106 Å². The van der Waals surface area contributed by atoms with Crippen molar-refractivity contribution in [1.82, 2.24) is 9.97 Å². The summed E-state index contributed by atoms with van der Waals surface area (Å²) >= 11 is 2.86. The molecule has 0 fully saturated rings. The summed E-state index contributed by atoms with van der Waals surface area (Å²) < 4.78 is 0. The molecule has 0 aliphatic rings. The molecule has 17 heavy (non-hydrogen) atoms. The van der Waals surface area contributed by atoms with Crippen LogP contribution in [-0.4, -0.2) is 21.0 Å². The highest BCUT2D eigenvalue weighted by molar-refractivity contribution is 7.14. The van der Waals surface area contributed by atoms with Crippen LogP contribution in [0.2, 0.25) is 0 Å². The molecule has 0 aliphatic carbocycles. The molecule has 0 radical (unpaired) electrons. The zero-order valence-electron chi connectivity index (χ0n) is 9.30. The summed E-state index contributed by atoms with van der Waals surface area (Å²) in [5.41, 5.74) is 1.06. The monoisotopic (exact) mass is 269 g/mol. The summed E-state index contributed by atoms with van der Waals surface area (Å²) in [4.78, 5) is 19.0. The third-order valence-electron chi connectivity index (χ3n) is 2.07. The Balaban J connectivity index is 2.07. The van der Waals surface area contributed by atoms with Gasteiger partial charge in [0.1, 0.15) is 5.01 Å². The number of hydrogen-bond donors (Lipinski definition) is 2. The van der Waals surface area contributed by atoms with Gasteiger partial charge in [-0.05, 0) is 13.8 Å². The predicted molar refractivity (Wildman–Crippen MR) is 68.0 cm³/mol. The molecule has 0 spiro atoms. The summed E-state index contributed by atoms with van der Waals surface area (Å²) in [6, 6.07) is 0.0292. The van der Waals surface area contributed by atoms with Gasteiger partial charge in [0.2, 0.25) is 0 Å². The van der Waals surface area contributed by atoms with E-state index in [9.17, 15) is 4.79 Å². The van der Waals surface area contributed by atoms with E-state index >= 15 is 0 Å². The third kappa shape index (κ3) is 2.80. The molecule has 0 bridgehead atoms. The lowest BCUT2D eigenvalue weighted by molar-refractivity contribution is 0.0691. The third-order valence-corrected chi connectivity index (χ3v) is 3.99. The number of carboxylic acids is 1. The van der Waals surface area contributed by atoms with E-state index in [2.05, 4.69) is 15.3 Å². The zero-order valence-corrected chi connectivity index (χ0v) is 10.9. The summed E-state index contributed by atoms with van der Waals surface area (Å²) in [6.45, 7) is 3.92. The minimum atomic E-state index is -1.01. The van der Waals surface area contributed by atoms with Crippen molar-refractivity contribution in [2.24, 2.45) is 0 Å². The van der Waals surface area contributed by atoms with Crippen molar-refractivity contribution in [3.8, 4) is 0 Å². The number of carbonyl (C=O) groups is 1. The minimum Gasteiger partial charge on any atom is -0.476 e. The number of carboxylic acid groups (broad SMARTS) is 1. The number of hydrogen-bond acceptors (Lipinski definition) is 6. The lowest BCUT2D eigenvalue weighted by atomic mass is 10.3. The van der Waals surface area contributed by atoms with Crippen molar-refractivity contribution in [3.05, 3.63) is 27.2 Å². The standard InChI is InChI=1S/C10H11N3O2S2/c1-5-3-16-8(11-5)6(2)12-10-13-7(4-17-10)9(14)15/h3-4,6H,1-2H3,(H,12,13)(H,14,15). The maximum atomic E-state index is 10.7. The molecule has 0 aromatic carbocycles. The van der Waals surface area contributed by atoms with Crippen LogP contribution in [0.4, 0.5) is 5.13 Å². The van der Waals surface area contributed by atoms with Gasteiger partial charge in [0.15, 0.2) is 10.8 Å². The first-order chi connectivity index (χ1) is 8.06. The minimum absolute atomic E-state index is 0.0292. The number of nitrogens with one attached hydrogen (secondary N) is 1. The second kappa shape index (κ2) is 4.80. The van der Waals surface area contributed by atoms with E-state index in [-0.39, 0.29) is 11.7 Å². The fourth-order valence-electron chi connectivity index (χ4n) is 1.26. The van der Waals surface area contributed by atoms with Crippen molar-refractivity contribution in [3.63, 3.8) is 0 Å². The molecule has 0 saturated heterocycles. The number of anilines is 1. The number of thiazole rings is 2. The molecule has 5 nitrogen and oxygen atoms in total. The number of rotatable bonds is 4. The first-order valence-electron chi connectivity index (χ1n) is 4.93. The van der Waals surface area contributed by atoms with Gasteiger partial charge in [-0.2, -0.15) is 0 Å².